The zero-order valence-corrected chi connectivity index (χ0v) is 18.3. The Balaban J connectivity index is 1.72. The molecule has 5 nitrogen and oxygen atoms in total. The molecule has 0 aliphatic rings. The molecule has 1 amide bonds. The van der Waals surface area contributed by atoms with E-state index in [1.807, 2.05) is 24.4 Å². The van der Waals surface area contributed by atoms with Crippen LogP contribution < -0.4 is 10.9 Å². The number of hydrogen-bond donors (Lipinski definition) is 1. The summed E-state index contributed by atoms with van der Waals surface area (Å²) in [6.07, 6.45) is 1.44. The number of aryl methyl sites for hydroxylation is 2. The predicted molar refractivity (Wildman–Crippen MR) is 124 cm³/mol. The Hall–Kier alpha value is -2.96. The van der Waals surface area contributed by atoms with Crippen molar-refractivity contribution in [1.82, 2.24) is 9.55 Å². The molecule has 1 unspecified atom stereocenters. The van der Waals surface area contributed by atoms with E-state index in [4.69, 9.17) is 11.6 Å². The van der Waals surface area contributed by atoms with E-state index in [1.54, 1.807) is 31.2 Å². The van der Waals surface area contributed by atoms with Gasteiger partial charge in [-0.2, -0.15) is 0 Å². The summed E-state index contributed by atoms with van der Waals surface area (Å²) in [5, 5.41) is 5.89. The maximum Gasteiger partial charge on any atom is 0.263 e. The molecule has 0 saturated carbocycles. The molecule has 4 rings (SSSR count). The minimum Gasteiger partial charge on any atom is -0.324 e. The van der Waals surface area contributed by atoms with Gasteiger partial charge in [-0.1, -0.05) is 29.8 Å². The third-order valence-corrected chi connectivity index (χ3v) is 6.38. The summed E-state index contributed by atoms with van der Waals surface area (Å²) in [6.45, 7) is 5.79. The lowest BCUT2D eigenvalue weighted by Crippen LogP contribution is -2.31. The number of rotatable bonds is 4. The Kier molecular flexibility index (Phi) is 5.45. The molecule has 0 bridgehead atoms. The minimum absolute atomic E-state index is 0.228. The van der Waals surface area contributed by atoms with Crippen LogP contribution in [0.5, 0.6) is 0 Å². The Bertz CT molecular complexity index is 1310. The molecule has 7 heteroatoms. The zero-order valence-electron chi connectivity index (χ0n) is 16.8. The molecule has 0 fully saturated rings. The quantitative estimate of drug-likeness (QED) is 0.452. The Morgan fingerprint density at radius 1 is 1.13 bits per heavy atom. The number of carbonyl (C=O) groups excluding carboxylic acids is 1. The molecule has 2 aromatic carbocycles. The highest BCUT2D eigenvalue weighted by atomic mass is 35.5. The number of fused-ring (bicyclic) bond motifs is 1. The smallest absolute Gasteiger partial charge is 0.263 e. The number of hydrogen-bond acceptors (Lipinski definition) is 4. The van der Waals surface area contributed by atoms with E-state index in [1.165, 1.54) is 27.8 Å². The van der Waals surface area contributed by atoms with Gasteiger partial charge in [0.1, 0.15) is 10.9 Å². The van der Waals surface area contributed by atoms with Gasteiger partial charge in [0.05, 0.1) is 11.7 Å². The second-order valence-electron chi connectivity index (χ2n) is 7.26. The van der Waals surface area contributed by atoms with E-state index < -0.39 is 6.04 Å². The molecule has 2 aromatic heterocycles. The molecule has 0 aliphatic carbocycles. The molecule has 1 N–H and O–H groups in total. The number of benzene rings is 2. The number of nitrogens with zero attached hydrogens (tertiary/aromatic N) is 2. The van der Waals surface area contributed by atoms with Gasteiger partial charge in [0.15, 0.2) is 0 Å². The van der Waals surface area contributed by atoms with Gasteiger partial charge in [-0.15, -0.1) is 11.3 Å². The van der Waals surface area contributed by atoms with Crippen molar-refractivity contribution in [2.45, 2.75) is 26.8 Å². The van der Waals surface area contributed by atoms with Crippen molar-refractivity contribution in [3.05, 3.63) is 80.7 Å². The third-order valence-electron chi connectivity index (χ3n) is 5.25. The van der Waals surface area contributed by atoms with Crippen LogP contribution in [0.3, 0.4) is 0 Å². The van der Waals surface area contributed by atoms with Crippen molar-refractivity contribution in [3.63, 3.8) is 0 Å². The largest absolute Gasteiger partial charge is 0.324 e. The fourth-order valence-electron chi connectivity index (χ4n) is 3.25. The first kappa shape index (κ1) is 20.3. The maximum atomic E-state index is 13.3. The van der Waals surface area contributed by atoms with Gasteiger partial charge in [0.2, 0.25) is 5.91 Å². The topological polar surface area (TPSA) is 64.0 Å². The lowest BCUT2D eigenvalue weighted by Gasteiger charge is -2.15. The van der Waals surface area contributed by atoms with Crippen molar-refractivity contribution in [1.29, 1.82) is 0 Å². The van der Waals surface area contributed by atoms with Crippen molar-refractivity contribution in [2.75, 3.05) is 5.32 Å². The van der Waals surface area contributed by atoms with E-state index in [2.05, 4.69) is 23.3 Å². The highest BCUT2D eigenvalue weighted by Gasteiger charge is 2.20. The van der Waals surface area contributed by atoms with E-state index in [0.29, 0.717) is 20.9 Å². The molecule has 0 aliphatic heterocycles. The van der Waals surface area contributed by atoms with Crippen molar-refractivity contribution >= 4 is 44.7 Å². The van der Waals surface area contributed by atoms with Crippen LogP contribution in [0.4, 0.5) is 5.69 Å². The van der Waals surface area contributed by atoms with Crippen LogP contribution in [-0.4, -0.2) is 15.5 Å². The summed E-state index contributed by atoms with van der Waals surface area (Å²) in [7, 11) is 0. The van der Waals surface area contributed by atoms with Gasteiger partial charge in [-0.3, -0.25) is 14.2 Å². The molecule has 2 heterocycles. The summed E-state index contributed by atoms with van der Waals surface area (Å²) in [6, 6.07) is 12.2. The number of carbonyl (C=O) groups is 1. The normalized spacial score (nSPS) is 12.1. The zero-order chi connectivity index (χ0) is 21.4. The SMILES string of the molecule is Cc1ccc(-c2csc3ncn(C(C)C(=O)Nc4ccc(Cl)cc4)c(=O)c23)cc1C. The van der Waals surface area contributed by atoms with Crippen molar-refractivity contribution < 1.29 is 4.79 Å². The van der Waals surface area contributed by atoms with Crippen LogP contribution >= 0.6 is 22.9 Å². The number of nitrogens with one attached hydrogen (secondary N) is 1. The van der Waals surface area contributed by atoms with E-state index in [-0.39, 0.29) is 11.5 Å². The molecular formula is C23H20ClN3O2S. The average molecular weight is 438 g/mol. The Labute approximate surface area is 183 Å². The van der Waals surface area contributed by atoms with E-state index in [9.17, 15) is 9.59 Å². The maximum absolute atomic E-state index is 13.3. The highest BCUT2D eigenvalue weighted by Crippen LogP contribution is 2.32. The predicted octanol–water partition coefficient (Wildman–Crippen LogP) is 5.59. The lowest BCUT2D eigenvalue weighted by molar-refractivity contribution is -0.118. The summed E-state index contributed by atoms with van der Waals surface area (Å²) in [5.74, 6) is -0.302. The molecule has 0 radical (unpaired) electrons. The molecule has 30 heavy (non-hydrogen) atoms. The summed E-state index contributed by atoms with van der Waals surface area (Å²) < 4.78 is 1.38. The number of halogens is 1. The second-order valence-corrected chi connectivity index (χ2v) is 8.55. The fourth-order valence-corrected chi connectivity index (χ4v) is 4.28. The van der Waals surface area contributed by atoms with E-state index in [0.717, 1.165) is 16.7 Å². The molecule has 0 spiro atoms. The Morgan fingerprint density at radius 2 is 1.87 bits per heavy atom. The number of aromatic nitrogens is 2. The fraction of sp³-hybridized carbons (Fsp3) is 0.174. The van der Waals surface area contributed by atoms with Crippen LogP contribution in [0.15, 0.2) is 59.0 Å². The van der Waals surface area contributed by atoms with Gasteiger partial charge in [0, 0.05) is 21.7 Å². The van der Waals surface area contributed by atoms with Crippen molar-refractivity contribution in [3.8, 4) is 11.1 Å². The first-order chi connectivity index (χ1) is 14.3. The Morgan fingerprint density at radius 3 is 2.57 bits per heavy atom. The van der Waals surface area contributed by atoms with Gasteiger partial charge in [0.25, 0.3) is 5.56 Å². The molecule has 152 valence electrons. The van der Waals surface area contributed by atoms with Gasteiger partial charge in [-0.05, 0) is 61.7 Å². The number of anilines is 1. The minimum atomic E-state index is -0.724. The number of thiophene rings is 1. The average Bonchev–Trinajstić information content (AvgIpc) is 3.16. The third kappa shape index (κ3) is 3.76. The molecule has 0 saturated heterocycles. The molecule has 4 aromatic rings. The van der Waals surface area contributed by atoms with Gasteiger partial charge >= 0.3 is 0 Å². The number of amides is 1. The van der Waals surface area contributed by atoms with Crippen LogP contribution in [0.1, 0.15) is 24.1 Å². The van der Waals surface area contributed by atoms with Crippen molar-refractivity contribution in [2.24, 2.45) is 0 Å². The van der Waals surface area contributed by atoms with Crippen LogP contribution in [0.2, 0.25) is 5.02 Å². The summed E-state index contributed by atoms with van der Waals surface area (Å²) >= 11 is 7.32. The standard InChI is InChI=1S/C23H20ClN3O2S/c1-13-4-5-16(10-14(13)2)19-11-30-22-20(19)23(29)27(12-25-22)15(3)21(28)26-18-8-6-17(24)7-9-18/h4-12,15H,1-3H3,(H,26,28). The summed E-state index contributed by atoms with van der Waals surface area (Å²) in [5.41, 5.74) is 4.56. The van der Waals surface area contributed by atoms with Gasteiger partial charge < -0.3 is 5.32 Å². The molecule has 1 atom stereocenters. The first-order valence-electron chi connectivity index (χ1n) is 9.47. The molecular weight excluding hydrogens is 418 g/mol. The monoisotopic (exact) mass is 437 g/mol. The summed E-state index contributed by atoms with van der Waals surface area (Å²) in [4.78, 5) is 31.1. The lowest BCUT2D eigenvalue weighted by atomic mass is 10.0. The van der Waals surface area contributed by atoms with Crippen LogP contribution in [-0.2, 0) is 4.79 Å². The second kappa shape index (κ2) is 8.05. The van der Waals surface area contributed by atoms with Crippen LogP contribution in [0, 0.1) is 13.8 Å². The van der Waals surface area contributed by atoms with E-state index >= 15 is 0 Å². The highest BCUT2D eigenvalue weighted by molar-refractivity contribution is 7.17. The van der Waals surface area contributed by atoms with Crippen LogP contribution in [0.25, 0.3) is 21.3 Å². The first-order valence-corrected chi connectivity index (χ1v) is 10.7. The van der Waals surface area contributed by atoms with Gasteiger partial charge in [-0.25, -0.2) is 4.98 Å².